The first-order valence-electron chi connectivity index (χ1n) is 23.1. The summed E-state index contributed by atoms with van der Waals surface area (Å²) >= 11 is 0. The van der Waals surface area contributed by atoms with E-state index in [1.165, 1.54) is 154 Å². The molecule has 0 aliphatic carbocycles. The Morgan fingerprint density at radius 1 is 0.482 bits per heavy atom. The normalized spacial score (nSPS) is 13.6. The molecule has 0 aromatic rings. The van der Waals surface area contributed by atoms with Crippen LogP contribution >= 0.6 is 7.82 Å². The number of nitrogens with two attached hydrogens (primary N) is 1. The second-order valence-electron chi connectivity index (χ2n) is 15.9. The van der Waals surface area contributed by atoms with E-state index < -0.39 is 51.1 Å². The summed E-state index contributed by atoms with van der Waals surface area (Å²) in [6.45, 7) is 2.85. The van der Waals surface area contributed by atoms with E-state index in [1.807, 2.05) is 0 Å². The fraction of sp³-hybridized carbons (Fsp3) is 0.932. The van der Waals surface area contributed by atoms with Crippen LogP contribution in [0.3, 0.4) is 0 Å². The van der Waals surface area contributed by atoms with Crippen molar-refractivity contribution < 1.29 is 47.5 Å². The molecule has 0 aromatic heterocycles. The number of phosphoric acid groups is 1. The highest BCUT2D eigenvalue weighted by Crippen LogP contribution is 2.43. The minimum absolute atomic E-state index is 0.170. The van der Waals surface area contributed by atoms with Crippen LogP contribution in [0.25, 0.3) is 0 Å². The molecule has 0 saturated heterocycles. The zero-order chi connectivity index (χ0) is 41.4. The lowest BCUT2D eigenvalue weighted by Crippen LogP contribution is -2.34. The third-order valence-electron chi connectivity index (χ3n) is 10.4. The summed E-state index contributed by atoms with van der Waals surface area (Å²) in [7, 11) is -4.71. The minimum atomic E-state index is -4.71. The number of hydrogen-bond donors (Lipinski definition) is 3. The summed E-state index contributed by atoms with van der Waals surface area (Å²) in [6, 6.07) is -1.52. The molecule has 0 heterocycles. The fourth-order valence-corrected chi connectivity index (χ4v) is 7.49. The molecule has 12 heteroatoms. The summed E-state index contributed by atoms with van der Waals surface area (Å²) in [5.74, 6) is -2.36. The second kappa shape index (κ2) is 40.3. The van der Waals surface area contributed by atoms with Gasteiger partial charge in [-0.25, -0.2) is 4.57 Å². The Bertz CT molecular complexity index is 968. The van der Waals surface area contributed by atoms with Crippen molar-refractivity contribution >= 4 is 25.7 Å². The lowest BCUT2D eigenvalue weighted by Gasteiger charge is -2.20. The molecule has 0 radical (unpaired) electrons. The summed E-state index contributed by atoms with van der Waals surface area (Å²) in [5, 5.41) is 8.89. The molecule has 0 saturated carbocycles. The summed E-state index contributed by atoms with van der Waals surface area (Å²) < 4.78 is 32.7. The van der Waals surface area contributed by atoms with Crippen molar-refractivity contribution in [1.82, 2.24) is 0 Å². The largest absolute Gasteiger partial charge is 0.480 e. The zero-order valence-corrected chi connectivity index (χ0v) is 36.9. The number of carboxylic acid groups (broad SMARTS) is 1. The number of ether oxygens (including phenoxy) is 2. The second-order valence-corrected chi connectivity index (χ2v) is 17.4. The van der Waals surface area contributed by atoms with Gasteiger partial charge in [-0.3, -0.25) is 23.4 Å². The molecule has 3 atom stereocenters. The molecule has 0 rings (SSSR count). The van der Waals surface area contributed by atoms with Gasteiger partial charge in [0.15, 0.2) is 6.10 Å². The molecule has 0 aliphatic rings. The first kappa shape index (κ1) is 54.5. The van der Waals surface area contributed by atoms with Crippen LogP contribution < -0.4 is 5.73 Å². The molecule has 332 valence electrons. The van der Waals surface area contributed by atoms with Crippen LogP contribution in [0.5, 0.6) is 0 Å². The predicted molar refractivity (Wildman–Crippen MR) is 227 cm³/mol. The number of carboxylic acids is 1. The molecule has 1 unspecified atom stereocenters. The number of aliphatic carboxylic acids is 1. The summed E-state index contributed by atoms with van der Waals surface area (Å²) in [5.41, 5.74) is 5.34. The van der Waals surface area contributed by atoms with E-state index in [9.17, 15) is 23.8 Å². The topological polar surface area (TPSA) is 172 Å². The van der Waals surface area contributed by atoms with E-state index in [1.54, 1.807) is 0 Å². The van der Waals surface area contributed by atoms with Gasteiger partial charge in [0.25, 0.3) is 0 Å². The Morgan fingerprint density at radius 2 is 0.786 bits per heavy atom. The van der Waals surface area contributed by atoms with E-state index in [2.05, 4.69) is 18.4 Å². The molecule has 0 aromatic carbocycles. The van der Waals surface area contributed by atoms with Gasteiger partial charge in [0.2, 0.25) is 0 Å². The van der Waals surface area contributed by atoms with Gasteiger partial charge in [-0.05, 0) is 12.8 Å². The molecular formula is C44H86NO10P. The third-order valence-corrected chi connectivity index (χ3v) is 11.3. The first-order chi connectivity index (χ1) is 27.1. The van der Waals surface area contributed by atoms with Crippen molar-refractivity contribution in [2.24, 2.45) is 5.73 Å². The highest BCUT2D eigenvalue weighted by atomic mass is 31.2. The molecule has 0 amide bonds. The number of phosphoric ester groups is 1. The molecule has 0 fully saturated rings. The van der Waals surface area contributed by atoms with Crippen LogP contribution in [-0.2, 0) is 37.5 Å². The van der Waals surface area contributed by atoms with E-state index >= 15 is 0 Å². The van der Waals surface area contributed by atoms with Gasteiger partial charge in [-0.2, -0.15) is 0 Å². The number of carbonyl (C=O) groups excluding carboxylic acids is 2. The maximum atomic E-state index is 12.6. The standard InChI is InChI=1S/C44H86NO10P/c1-3-5-7-9-11-13-15-17-19-20-22-24-26-28-30-32-34-36-43(47)55-40(38-53-56(50,51)54-39-41(45)44(48)49)37-52-42(46)35-33-31-29-27-25-23-21-18-16-14-12-10-8-6-4-2/h40-41H,3-39,45H2,1-2H3,(H,48,49)(H,50,51)/t40-,41+/m1/s1. The molecule has 11 nitrogen and oxygen atoms in total. The van der Waals surface area contributed by atoms with Gasteiger partial charge in [0.05, 0.1) is 13.2 Å². The summed E-state index contributed by atoms with van der Waals surface area (Å²) in [6.07, 6.45) is 38.7. The van der Waals surface area contributed by atoms with Crippen molar-refractivity contribution in [3.05, 3.63) is 0 Å². The zero-order valence-electron chi connectivity index (χ0n) is 36.0. The highest BCUT2D eigenvalue weighted by Gasteiger charge is 2.28. The van der Waals surface area contributed by atoms with E-state index in [0.29, 0.717) is 12.8 Å². The molecular weight excluding hydrogens is 733 g/mol. The van der Waals surface area contributed by atoms with Crippen LogP contribution in [0.2, 0.25) is 0 Å². The maximum absolute atomic E-state index is 12.6. The fourth-order valence-electron chi connectivity index (χ4n) is 6.71. The Hall–Kier alpha value is -1.52. The summed E-state index contributed by atoms with van der Waals surface area (Å²) in [4.78, 5) is 46.0. The molecule has 56 heavy (non-hydrogen) atoms. The smallest absolute Gasteiger partial charge is 0.472 e. The van der Waals surface area contributed by atoms with Gasteiger partial charge in [0, 0.05) is 12.8 Å². The van der Waals surface area contributed by atoms with E-state index in [0.717, 1.165) is 38.5 Å². The predicted octanol–water partition coefficient (Wildman–Crippen LogP) is 12.3. The first-order valence-corrected chi connectivity index (χ1v) is 24.6. The van der Waals surface area contributed by atoms with Crippen molar-refractivity contribution in [1.29, 1.82) is 0 Å². The van der Waals surface area contributed by atoms with Crippen molar-refractivity contribution in [2.75, 3.05) is 19.8 Å². The van der Waals surface area contributed by atoms with Gasteiger partial charge >= 0.3 is 25.7 Å². The van der Waals surface area contributed by atoms with Gasteiger partial charge in [-0.1, -0.05) is 206 Å². The number of rotatable bonds is 44. The Labute approximate surface area is 342 Å². The Kier molecular flexibility index (Phi) is 39.2. The third kappa shape index (κ3) is 39.3. The number of unbranched alkanes of at least 4 members (excludes halogenated alkanes) is 30. The van der Waals surface area contributed by atoms with Crippen LogP contribution in [0.15, 0.2) is 0 Å². The van der Waals surface area contributed by atoms with E-state index in [4.69, 9.17) is 24.8 Å². The Morgan fingerprint density at radius 3 is 1.12 bits per heavy atom. The van der Waals surface area contributed by atoms with Gasteiger partial charge in [0.1, 0.15) is 12.6 Å². The van der Waals surface area contributed by atoms with Crippen LogP contribution in [0, 0.1) is 0 Å². The number of carbonyl (C=O) groups is 3. The molecule has 0 bridgehead atoms. The monoisotopic (exact) mass is 820 g/mol. The number of hydrogen-bond acceptors (Lipinski definition) is 9. The molecule has 0 spiro atoms. The van der Waals surface area contributed by atoms with E-state index in [-0.39, 0.29) is 19.4 Å². The lowest BCUT2D eigenvalue weighted by atomic mass is 10.0. The van der Waals surface area contributed by atoms with Crippen molar-refractivity contribution in [2.45, 2.75) is 244 Å². The average molecular weight is 820 g/mol. The minimum Gasteiger partial charge on any atom is -0.480 e. The van der Waals surface area contributed by atoms with Gasteiger partial charge < -0.3 is 25.2 Å². The Balaban J connectivity index is 4.28. The molecule has 0 aliphatic heterocycles. The van der Waals surface area contributed by atoms with Crippen molar-refractivity contribution in [3.8, 4) is 0 Å². The maximum Gasteiger partial charge on any atom is 0.472 e. The van der Waals surface area contributed by atoms with Gasteiger partial charge in [-0.15, -0.1) is 0 Å². The van der Waals surface area contributed by atoms with Crippen LogP contribution in [-0.4, -0.2) is 59.9 Å². The average Bonchev–Trinajstić information content (AvgIpc) is 3.17. The van der Waals surface area contributed by atoms with Crippen LogP contribution in [0.4, 0.5) is 0 Å². The highest BCUT2D eigenvalue weighted by molar-refractivity contribution is 7.47. The SMILES string of the molecule is CCCCCCCCCCCCCCCCCCCC(=O)O[C@H](COC(=O)CCCCCCCCCCCCCCCCC)COP(=O)(O)OC[C@H](N)C(=O)O. The van der Waals surface area contributed by atoms with Crippen molar-refractivity contribution in [3.63, 3.8) is 0 Å². The quantitative estimate of drug-likeness (QED) is 0.0303. The number of esters is 2. The molecule has 4 N–H and O–H groups in total. The van der Waals surface area contributed by atoms with Crippen LogP contribution in [0.1, 0.15) is 232 Å². The lowest BCUT2D eigenvalue weighted by molar-refractivity contribution is -0.161.